The van der Waals surface area contributed by atoms with E-state index < -0.39 is 0 Å². The van der Waals surface area contributed by atoms with Gasteiger partial charge in [0.25, 0.3) is 5.56 Å². The van der Waals surface area contributed by atoms with Crippen LogP contribution >= 0.6 is 11.8 Å². The van der Waals surface area contributed by atoms with Crippen LogP contribution in [0, 0.1) is 0 Å². The molecule has 132 valence electrons. The highest BCUT2D eigenvalue weighted by molar-refractivity contribution is 8.02. The fourth-order valence-electron chi connectivity index (χ4n) is 3.04. The summed E-state index contributed by atoms with van der Waals surface area (Å²) in [6.07, 6.45) is 1.75. The number of rotatable bonds is 2. The zero-order valence-electron chi connectivity index (χ0n) is 14.7. The van der Waals surface area contributed by atoms with Crippen molar-refractivity contribution in [2.45, 2.75) is 30.6 Å². The standard InChI is InChI=1S/C19H22N2O3S/c1-13-9-10-14(12-25-15-7-5-4-6-8-15)11-24-17-16(13)20(2)19(23)21(3)18(17)22/h4-8,12-13H,9-11H2,1-3H3/b14-12-. The average Bonchev–Trinajstić information content (AvgIpc) is 2.62. The van der Waals surface area contributed by atoms with Crippen molar-refractivity contribution in [2.75, 3.05) is 6.61 Å². The number of nitrogens with zero attached hydrogens (tertiary/aromatic N) is 2. The first kappa shape index (κ1) is 17.6. The third-order valence-corrected chi connectivity index (χ3v) is 5.53. The lowest BCUT2D eigenvalue weighted by Crippen LogP contribution is -2.40. The van der Waals surface area contributed by atoms with E-state index in [1.807, 2.05) is 25.1 Å². The molecule has 2 heterocycles. The lowest BCUT2D eigenvalue weighted by atomic mass is 9.96. The molecule has 3 rings (SSSR count). The van der Waals surface area contributed by atoms with E-state index in [-0.39, 0.29) is 17.2 Å². The van der Waals surface area contributed by atoms with Crippen molar-refractivity contribution < 1.29 is 4.74 Å². The quantitative estimate of drug-likeness (QED) is 0.775. The highest BCUT2D eigenvalue weighted by Gasteiger charge is 2.24. The molecule has 1 aromatic heterocycles. The minimum absolute atomic E-state index is 0.0759. The topological polar surface area (TPSA) is 53.2 Å². The van der Waals surface area contributed by atoms with Crippen LogP contribution in [0.15, 0.2) is 55.8 Å². The van der Waals surface area contributed by atoms with Gasteiger partial charge in [-0.25, -0.2) is 4.79 Å². The van der Waals surface area contributed by atoms with Crippen molar-refractivity contribution >= 4 is 11.8 Å². The van der Waals surface area contributed by atoms with Crippen LogP contribution in [-0.4, -0.2) is 15.7 Å². The van der Waals surface area contributed by atoms with Crippen molar-refractivity contribution in [3.63, 3.8) is 0 Å². The fraction of sp³-hybridized carbons (Fsp3) is 0.368. The average molecular weight is 358 g/mol. The summed E-state index contributed by atoms with van der Waals surface area (Å²) in [5, 5.41) is 2.11. The van der Waals surface area contributed by atoms with Crippen molar-refractivity contribution in [1.82, 2.24) is 9.13 Å². The Kier molecular flexibility index (Phi) is 5.18. The van der Waals surface area contributed by atoms with Crippen LogP contribution in [0.5, 0.6) is 5.75 Å². The van der Waals surface area contributed by atoms with Crippen LogP contribution in [0.2, 0.25) is 0 Å². The summed E-state index contributed by atoms with van der Waals surface area (Å²) in [5.74, 6) is 0.374. The number of thioether (sulfide) groups is 1. The van der Waals surface area contributed by atoms with Crippen LogP contribution < -0.4 is 16.0 Å². The highest BCUT2D eigenvalue weighted by Crippen LogP contribution is 2.31. The number of ether oxygens (including phenoxy) is 1. The molecule has 1 aliphatic rings. The van der Waals surface area contributed by atoms with Gasteiger partial charge in [-0.05, 0) is 36.0 Å². The number of hydrogen-bond acceptors (Lipinski definition) is 4. The zero-order valence-corrected chi connectivity index (χ0v) is 15.5. The molecule has 0 fully saturated rings. The second kappa shape index (κ2) is 7.35. The monoisotopic (exact) mass is 358 g/mol. The van der Waals surface area contributed by atoms with Gasteiger partial charge >= 0.3 is 5.69 Å². The lowest BCUT2D eigenvalue weighted by Gasteiger charge is -2.24. The van der Waals surface area contributed by atoms with E-state index >= 15 is 0 Å². The van der Waals surface area contributed by atoms with E-state index in [0.717, 1.165) is 23.0 Å². The molecule has 1 atom stereocenters. The summed E-state index contributed by atoms with van der Waals surface area (Å²) < 4.78 is 8.52. The second-order valence-electron chi connectivity index (χ2n) is 6.36. The fourth-order valence-corrected chi connectivity index (χ4v) is 3.84. The molecule has 0 radical (unpaired) electrons. The maximum Gasteiger partial charge on any atom is 0.330 e. The molecule has 1 aliphatic heterocycles. The van der Waals surface area contributed by atoms with Crippen molar-refractivity contribution in [3.05, 3.63) is 67.8 Å². The molecule has 0 saturated heterocycles. The van der Waals surface area contributed by atoms with Gasteiger partial charge < -0.3 is 4.74 Å². The van der Waals surface area contributed by atoms with Gasteiger partial charge in [0.05, 0.1) is 5.69 Å². The molecular weight excluding hydrogens is 336 g/mol. The summed E-state index contributed by atoms with van der Waals surface area (Å²) in [4.78, 5) is 25.8. The Balaban J connectivity index is 1.91. The highest BCUT2D eigenvalue weighted by atomic mass is 32.2. The van der Waals surface area contributed by atoms with E-state index in [1.165, 1.54) is 16.5 Å². The Hall–Kier alpha value is -2.21. The third kappa shape index (κ3) is 3.58. The van der Waals surface area contributed by atoms with Crippen LogP contribution in [0.3, 0.4) is 0 Å². The van der Waals surface area contributed by atoms with E-state index in [2.05, 4.69) is 17.5 Å². The first-order chi connectivity index (χ1) is 12.0. The predicted octanol–water partition coefficient (Wildman–Crippen LogP) is 3.04. The number of aromatic nitrogens is 2. The Morgan fingerprint density at radius 2 is 1.88 bits per heavy atom. The zero-order chi connectivity index (χ0) is 18.0. The van der Waals surface area contributed by atoms with E-state index in [9.17, 15) is 9.59 Å². The van der Waals surface area contributed by atoms with Gasteiger partial charge in [0, 0.05) is 24.9 Å². The van der Waals surface area contributed by atoms with Crippen LogP contribution in [0.1, 0.15) is 31.4 Å². The summed E-state index contributed by atoms with van der Waals surface area (Å²) in [5.41, 5.74) is 1.18. The molecule has 0 aliphatic carbocycles. The first-order valence-corrected chi connectivity index (χ1v) is 9.19. The van der Waals surface area contributed by atoms with Gasteiger partial charge in [0.2, 0.25) is 5.75 Å². The molecule has 1 unspecified atom stereocenters. The van der Waals surface area contributed by atoms with Gasteiger partial charge in [-0.3, -0.25) is 13.9 Å². The Morgan fingerprint density at radius 3 is 2.60 bits per heavy atom. The SMILES string of the molecule is CC1CC/C(=C/Sc2ccccc2)COc2c1n(C)c(=O)n(C)c2=O. The summed E-state index contributed by atoms with van der Waals surface area (Å²) in [7, 11) is 3.18. The lowest BCUT2D eigenvalue weighted by molar-refractivity contribution is 0.313. The Bertz CT molecular complexity index is 913. The number of fused-ring (bicyclic) bond motifs is 1. The third-order valence-electron chi connectivity index (χ3n) is 4.54. The molecular formula is C19H22N2O3S. The molecule has 25 heavy (non-hydrogen) atoms. The van der Waals surface area contributed by atoms with Gasteiger partial charge in [-0.15, -0.1) is 0 Å². The Labute approximate surface area is 150 Å². The maximum absolute atomic E-state index is 12.5. The van der Waals surface area contributed by atoms with E-state index in [0.29, 0.717) is 18.1 Å². The number of benzene rings is 1. The van der Waals surface area contributed by atoms with Crippen LogP contribution in [0.25, 0.3) is 0 Å². The van der Waals surface area contributed by atoms with E-state index in [1.54, 1.807) is 18.8 Å². The minimum atomic E-state index is -0.359. The molecule has 6 heteroatoms. The van der Waals surface area contributed by atoms with Crippen LogP contribution in [0.4, 0.5) is 0 Å². The smallest absolute Gasteiger partial charge is 0.330 e. The molecule has 0 N–H and O–H groups in total. The molecule has 0 bridgehead atoms. The molecule has 0 spiro atoms. The van der Waals surface area contributed by atoms with Crippen molar-refractivity contribution in [2.24, 2.45) is 14.1 Å². The summed E-state index contributed by atoms with van der Waals surface area (Å²) in [6, 6.07) is 10.1. The van der Waals surface area contributed by atoms with Gasteiger partial charge in [0.15, 0.2) is 0 Å². The molecule has 2 aromatic rings. The molecule has 5 nitrogen and oxygen atoms in total. The largest absolute Gasteiger partial charge is 0.482 e. The second-order valence-corrected chi connectivity index (χ2v) is 7.30. The van der Waals surface area contributed by atoms with Gasteiger partial charge in [0.1, 0.15) is 6.61 Å². The normalized spacial score (nSPS) is 19.0. The summed E-state index contributed by atoms with van der Waals surface area (Å²) in [6.45, 7) is 2.40. The van der Waals surface area contributed by atoms with E-state index in [4.69, 9.17) is 4.74 Å². The molecule has 0 amide bonds. The number of hydrogen-bond donors (Lipinski definition) is 0. The predicted molar refractivity (Wildman–Crippen MR) is 100 cm³/mol. The maximum atomic E-state index is 12.5. The van der Waals surface area contributed by atoms with Gasteiger partial charge in [-0.1, -0.05) is 36.9 Å². The van der Waals surface area contributed by atoms with Crippen molar-refractivity contribution in [1.29, 1.82) is 0 Å². The van der Waals surface area contributed by atoms with Gasteiger partial charge in [-0.2, -0.15) is 0 Å². The summed E-state index contributed by atoms with van der Waals surface area (Å²) >= 11 is 1.66. The minimum Gasteiger partial charge on any atom is -0.482 e. The van der Waals surface area contributed by atoms with Crippen LogP contribution in [-0.2, 0) is 14.1 Å². The van der Waals surface area contributed by atoms with Crippen molar-refractivity contribution in [3.8, 4) is 5.75 Å². The Morgan fingerprint density at radius 1 is 1.16 bits per heavy atom. The first-order valence-electron chi connectivity index (χ1n) is 8.31. The molecule has 1 aromatic carbocycles. The molecule has 0 saturated carbocycles.